The maximum Gasteiger partial charge on any atom is 0.162 e. The van der Waals surface area contributed by atoms with E-state index in [1.54, 1.807) is 0 Å². The van der Waals surface area contributed by atoms with Crippen LogP contribution < -0.4 is 5.73 Å². The third-order valence-electron chi connectivity index (χ3n) is 3.18. The Morgan fingerprint density at radius 3 is 2.55 bits per heavy atom. The normalized spacial score (nSPS) is 11.2. The fourth-order valence-electron chi connectivity index (χ4n) is 2.25. The van der Waals surface area contributed by atoms with Crippen LogP contribution in [-0.2, 0) is 0 Å². The first-order chi connectivity index (χ1) is 9.79. The molecule has 1 heterocycles. The van der Waals surface area contributed by atoms with Crippen LogP contribution in [-0.4, -0.2) is 9.97 Å². The minimum atomic E-state index is 0.515. The van der Waals surface area contributed by atoms with Gasteiger partial charge >= 0.3 is 0 Å². The molecule has 3 rings (SSSR count). The summed E-state index contributed by atoms with van der Waals surface area (Å²) >= 11 is 0. The fraction of sp³-hybridized carbons (Fsp3) is 0.0588. The summed E-state index contributed by atoms with van der Waals surface area (Å²) < 4.78 is 0. The highest BCUT2D eigenvalue weighted by molar-refractivity contribution is 5.90. The first kappa shape index (κ1) is 12.4. The smallest absolute Gasteiger partial charge is 0.162 e. The lowest BCUT2D eigenvalue weighted by Gasteiger charge is -2.08. The Morgan fingerprint density at radius 1 is 0.950 bits per heavy atom. The molecule has 0 saturated heterocycles. The zero-order chi connectivity index (χ0) is 13.9. The van der Waals surface area contributed by atoms with Crippen molar-refractivity contribution in [2.24, 2.45) is 0 Å². The number of nitrogens with two attached hydrogens (primary N) is 1. The number of hydrogen-bond donors (Lipinski definition) is 1. The zero-order valence-corrected chi connectivity index (χ0v) is 11.2. The highest BCUT2D eigenvalue weighted by atomic mass is 14.9. The Kier molecular flexibility index (Phi) is 3.17. The van der Waals surface area contributed by atoms with Crippen LogP contribution in [0.25, 0.3) is 28.4 Å². The van der Waals surface area contributed by atoms with Crippen LogP contribution in [0.5, 0.6) is 0 Å². The minimum absolute atomic E-state index is 0.515. The zero-order valence-electron chi connectivity index (χ0n) is 11.2. The number of fused-ring (bicyclic) bond motifs is 1. The molecule has 3 heteroatoms. The molecule has 3 nitrogen and oxygen atoms in total. The molecule has 0 fully saturated rings. The molecule has 2 aromatic carbocycles. The van der Waals surface area contributed by atoms with Gasteiger partial charge in [0.2, 0.25) is 0 Å². The Labute approximate surface area is 117 Å². The van der Waals surface area contributed by atoms with Crippen LogP contribution in [0.2, 0.25) is 0 Å². The Hall–Kier alpha value is -2.68. The molecule has 98 valence electrons. The largest absolute Gasteiger partial charge is 0.383 e. The number of benzene rings is 2. The van der Waals surface area contributed by atoms with E-state index >= 15 is 0 Å². The lowest BCUT2D eigenvalue weighted by atomic mass is 10.1. The molecule has 0 saturated carbocycles. The van der Waals surface area contributed by atoms with Gasteiger partial charge in [-0.2, -0.15) is 0 Å². The highest BCUT2D eigenvalue weighted by Crippen LogP contribution is 2.26. The van der Waals surface area contributed by atoms with Crippen molar-refractivity contribution in [2.45, 2.75) is 6.92 Å². The van der Waals surface area contributed by atoms with Gasteiger partial charge in [0, 0.05) is 10.9 Å². The standard InChI is InChI=1S/C17H15N3/c1-2-7-12-8-3-4-9-13(12)17-19-15-11-6-5-10-14(15)16(18)20-17/h2-11H,1H3,(H2,18,19,20)/b7-2+. The van der Waals surface area contributed by atoms with Crippen molar-refractivity contribution in [2.75, 3.05) is 5.73 Å². The maximum absolute atomic E-state index is 6.05. The number of allylic oxidation sites excluding steroid dienone is 1. The summed E-state index contributed by atoms with van der Waals surface area (Å²) in [5.41, 5.74) is 8.99. The van der Waals surface area contributed by atoms with Crippen molar-refractivity contribution in [1.82, 2.24) is 9.97 Å². The van der Waals surface area contributed by atoms with Crippen LogP contribution in [0.15, 0.2) is 54.6 Å². The third-order valence-corrected chi connectivity index (χ3v) is 3.18. The molecule has 0 aliphatic carbocycles. The molecule has 2 N–H and O–H groups in total. The molecular weight excluding hydrogens is 246 g/mol. The Balaban J connectivity index is 2.25. The quantitative estimate of drug-likeness (QED) is 0.760. The molecule has 20 heavy (non-hydrogen) atoms. The SMILES string of the molecule is C/C=C/c1ccccc1-c1nc(N)c2ccccc2n1. The summed E-state index contributed by atoms with van der Waals surface area (Å²) in [7, 11) is 0. The molecule has 0 amide bonds. The number of rotatable bonds is 2. The van der Waals surface area contributed by atoms with Gasteiger partial charge in [0.25, 0.3) is 0 Å². The van der Waals surface area contributed by atoms with Gasteiger partial charge in [-0.3, -0.25) is 0 Å². The highest BCUT2D eigenvalue weighted by Gasteiger charge is 2.09. The van der Waals surface area contributed by atoms with Gasteiger partial charge in [0.15, 0.2) is 5.82 Å². The summed E-state index contributed by atoms with van der Waals surface area (Å²) in [5.74, 6) is 1.18. The Morgan fingerprint density at radius 2 is 1.70 bits per heavy atom. The molecule has 0 aliphatic heterocycles. The minimum Gasteiger partial charge on any atom is -0.383 e. The molecule has 0 spiro atoms. The van der Waals surface area contributed by atoms with Gasteiger partial charge < -0.3 is 5.73 Å². The number of nitrogens with zero attached hydrogens (tertiary/aromatic N) is 2. The second-order valence-corrected chi connectivity index (χ2v) is 4.54. The van der Waals surface area contributed by atoms with E-state index in [0.29, 0.717) is 11.6 Å². The summed E-state index contributed by atoms with van der Waals surface area (Å²) in [6.07, 6.45) is 4.05. The van der Waals surface area contributed by atoms with Crippen molar-refractivity contribution >= 4 is 22.8 Å². The number of anilines is 1. The number of para-hydroxylation sites is 1. The van der Waals surface area contributed by atoms with E-state index in [9.17, 15) is 0 Å². The molecule has 0 bridgehead atoms. The van der Waals surface area contributed by atoms with Crippen LogP contribution in [0.1, 0.15) is 12.5 Å². The van der Waals surface area contributed by atoms with Gasteiger partial charge in [0.05, 0.1) is 5.52 Å². The predicted molar refractivity (Wildman–Crippen MR) is 84.1 cm³/mol. The first-order valence-electron chi connectivity index (χ1n) is 6.54. The average Bonchev–Trinajstić information content (AvgIpc) is 2.48. The van der Waals surface area contributed by atoms with Crippen LogP contribution in [0, 0.1) is 0 Å². The molecule has 0 aliphatic rings. The first-order valence-corrected chi connectivity index (χ1v) is 6.54. The van der Waals surface area contributed by atoms with Crippen molar-refractivity contribution in [3.8, 4) is 11.4 Å². The second kappa shape index (κ2) is 5.13. The molecule has 3 aromatic rings. The monoisotopic (exact) mass is 261 g/mol. The van der Waals surface area contributed by atoms with Gasteiger partial charge in [-0.1, -0.05) is 48.6 Å². The van der Waals surface area contributed by atoms with Crippen LogP contribution in [0.4, 0.5) is 5.82 Å². The van der Waals surface area contributed by atoms with E-state index < -0.39 is 0 Å². The van der Waals surface area contributed by atoms with Gasteiger partial charge in [-0.25, -0.2) is 9.97 Å². The fourth-order valence-corrected chi connectivity index (χ4v) is 2.25. The van der Waals surface area contributed by atoms with Gasteiger partial charge in [0.1, 0.15) is 5.82 Å². The molecule has 0 atom stereocenters. The molecular formula is C17H15N3. The predicted octanol–water partition coefficient (Wildman–Crippen LogP) is 3.91. The summed E-state index contributed by atoms with van der Waals surface area (Å²) in [6.45, 7) is 1.99. The lowest BCUT2D eigenvalue weighted by molar-refractivity contribution is 1.23. The third kappa shape index (κ3) is 2.14. The number of nitrogen functional groups attached to an aromatic ring is 1. The summed E-state index contributed by atoms with van der Waals surface area (Å²) in [4.78, 5) is 9.07. The van der Waals surface area contributed by atoms with Gasteiger partial charge in [-0.05, 0) is 24.6 Å². The second-order valence-electron chi connectivity index (χ2n) is 4.54. The number of aromatic nitrogens is 2. The van der Waals surface area contributed by atoms with E-state index in [1.807, 2.05) is 67.6 Å². The van der Waals surface area contributed by atoms with Crippen molar-refractivity contribution < 1.29 is 0 Å². The summed E-state index contributed by atoms with van der Waals surface area (Å²) in [5, 5.41) is 0.889. The van der Waals surface area contributed by atoms with E-state index in [4.69, 9.17) is 5.73 Å². The van der Waals surface area contributed by atoms with Crippen molar-refractivity contribution in [3.63, 3.8) is 0 Å². The molecule has 1 aromatic heterocycles. The average molecular weight is 261 g/mol. The molecule has 0 radical (unpaired) electrons. The van der Waals surface area contributed by atoms with E-state index in [-0.39, 0.29) is 0 Å². The number of hydrogen-bond acceptors (Lipinski definition) is 3. The topological polar surface area (TPSA) is 51.8 Å². The van der Waals surface area contributed by atoms with Crippen LogP contribution >= 0.6 is 0 Å². The van der Waals surface area contributed by atoms with E-state index in [2.05, 4.69) is 9.97 Å². The summed E-state index contributed by atoms with van der Waals surface area (Å²) in [6, 6.07) is 15.8. The maximum atomic E-state index is 6.05. The van der Waals surface area contributed by atoms with Gasteiger partial charge in [-0.15, -0.1) is 0 Å². The van der Waals surface area contributed by atoms with Crippen molar-refractivity contribution in [3.05, 3.63) is 60.2 Å². The lowest BCUT2D eigenvalue weighted by Crippen LogP contribution is -1.98. The Bertz CT molecular complexity index is 791. The van der Waals surface area contributed by atoms with E-state index in [1.165, 1.54) is 0 Å². The molecule has 0 unspecified atom stereocenters. The van der Waals surface area contributed by atoms with E-state index in [0.717, 1.165) is 22.0 Å². The van der Waals surface area contributed by atoms with Crippen LogP contribution in [0.3, 0.4) is 0 Å². The van der Waals surface area contributed by atoms with Crippen molar-refractivity contribution in [1.29, 1.82) is 0 Å².